The molecular formula is C18H26N2O. The predicted molar refractivity (Wildman–Crippen MR) is 86.3 cm³/mol. The van der Waals surface area contributed by atoms with Crippen LogP contribution in [0.1, 0.15) is 51.1 Å². The van der Waals surface area contributed by atoms with Crippen LogP contribution in [0.15, 0.2) is 24.3 Å². The van der Waals surface area contributed by atoms with E-state index in [2.05, 4.69) is 48.3 Å². The molecule has 1 aliphatic carbocycles. The Hall–Kier alpha value is -1.51. The predicted octanol–water partition coefficient (Wildman–Crippen LogP) is 3.51. The van der Waals surface area contributed by atoms with Crippen molar-refractivity contribution in [3.05, 3.63) is 29.8 Å². The van der Waals surface area contributed by atoms with Crippen molar-refractivity contribution >= 4 is 11.6 Å². The van der Waals surface area contributed by atoms with Gasteiger partial charge in [0.1, 0.15) is 0 Å². The topological polar surface area (TPSA) is 32.3 Å². The van der Waals surface area contributed by atoms with Crippen LogP contribution < -0.4 is 10.2 Å². The van der Waals surface area contributed by atoms with Gasteiger partial charge in [-0.15, -0.1) is 0 Å². The standard InChI is InChI=1S/C18H26N2O/c1-13-9-11-20(12-10-13)17-7-5-15(6-8-17)14(2)19-18(21)16-3-4-16/h5-8,13-14,16H,3-4,9-12H2,1-2H3,(H,19,21). The Labute approximate surface area is 127 Å². The molecule has 21 heavy (non-hydrogen) atoms. The van der Waals surface area contributed by atoms with Crippen molar-refractivity contribution in [2.24, 2.45) is 11.8 Å². The zero-order valence-electron chi connectivity index (χ0n) is 13.1. The number of benzene rings is 1. The fourth-order valence-corrected chi connectivity index (χ4v) is 3.00. The second kappa shape index (κ2) is 6.08. The highest BCUT2D eigenvalue weighted by atomic mass is 16.2. The van der Waals surface area contributed by atoms with E-state index in [0.29, 0.717) is 0 Å². The van der Waals surface area contributed by atoms with Gasteiger partial charge in [-0.05, 0) is 56.2 Å². The van der Waals surface area contributed by atoms with E-state index in [0.717, 1.165) is 31.8 Å². The van der Waals surface area contributed by atoms with Crippen molar-refractivity contribution < 1.29 is 4.79 Å². The van der Waals surface area contributed by atoms with E-state index in [-0.39, 0.29) is 17.9 Å². The van der Waals surface area contributed by atoms with E-state index in [1.807, 2.05) is 0 Å². The largest absolute Gasteiger partial charge is 0.372 e. The number of hydrogen-bond acceptors (Lipinski definition) is 2. The molecule has 1 atom stereocenters. The van der Waals surface area contributed by atoms with Crippen LogP contribution in [0.25, 0.3) is 0 Å². The van der Waals surface area contributed by atoms with Crippen molar-refractivity contribution in [2.75, 3.05) is 18.0 Å². The van der Waals surface area contributed by atoms with E-state index in [9.17, 15) is 4.79 Å². The minimum atomic E-state index is 0.105. The second-order valence-corrected chi connectivity index (χ2v) is 6.77. The molecule has 1 N–H and O–H groups in total. The highest BCUT2D eigenvalue weighted by Gasteiger charge is 2.30. The lowest BCUT2D eigenvalue weighted by Gasteiger charge is -2.32. The van der Waals surface area contributed by atoms with E-state index in [4.69, 9.17) is 0 Å². The first kappa shape index (κ1) is 14.4. The molecule has 3 rings (SSSR count). The minimum absolute atomic E-state index is 0.105. The first-order chi connectivity index (χ1) is 10.1. The summed E-state index contributed by atoms with van der Waals surface area (Å²) in [6, 6.07) is 8.82. The average Bonchev–Trinajstić information content (AvgIpc) is 3.33. The number of nitrogens with zero attached hydrogens (tertiary/aromatic N) is 1. The smallest absolute Gasteiger partial charge is 0.223 e. The average molecular weight is 286 g/mol. The molecule has 3 heteroatoms. The van der Waals surface area contributed by atoms with Crippen LogP contribution in [-0.2, 0) is 4.79 Å². The van der Waals surface area contributed by atoms with Crippen LogP contribution in [-0.4, -0.2) is 19.0 Å². The van der Waals surface area contributed by atoms with Gasteiger partial charge < -0.3 is 10.2 Å². The van der Waals surface area contributed by atoms with Crippen molar-refractivity contribution in [3.63, 3.8) is 0 Å². The highest BCUT2D eigenvalue weighted by Crippen LogP contribution is 2.30. The zero-order chi connectivity index (χ0) is 14.8. The van der Waals surface area contributed by atoms with Crippen molar-refractivity contribution in [1.82, 2.24) is 5.32 Å². The van der Waals surface area contributed by atoms with Gasteiger partial charge in [-0.2, -0.15) is 0 Å². The van der Waals surface area contributed by atoms with E-state index in [1.54, 1.807) is 0 Å². The van der Waals surface area contributed by atoms with Crippen LogP contribution in [0.4, 0.5) is 5.69 Å². The van der Waals surface area contributed by atoms with Crippen LogP contribution >= 0.6 is 0 Å². The summed E-state index contributed by atoms with van der Waals surface area (Å²) in [4.78, 5) is 14.3. The quantitative estimate of drug-likeness (QED) is 0.918. The van der Waals surface area contributed by atoms with Crippen molar-refractivity contribution in [3.8, 4) is 0 Å². The van der Waals surface area contributed by atoms with Gasteiger partial charge in [0.05, 0.1) is 6.04 Å². The Morgan fingerprint density at radius 3 is 2.33 bits per heavy atom. The number of hydrogen-bond donors (Lipinski definition) is 1. The number of amides is 1. The van der Waals surface area contributed by atoms with Gasteiger partial charge in [-0.25, -0.2) is 0 Å². The molecule has 2 fully saturated rings. The Bertz CT molecular complexity index is 484. The van der Waals surface area contributed by atoms with Gasteiger partial charge in [0.2, 0.25) is 5.91 Å². The molecule has 1 unspecified atom stereocenters. The Balaban J connectivity index is 1.59. The summed E-state index contributed by atoms with van der Waals surface area (Å²) >= 11 is 0. The summed E-state index contributed by atoms with van der Waals surface area (Å²) in [5.41, 5.74) is 2.50. The SMILES string of the molecule is CC1CCN(c2ccc(C(C)NC(=O)C3CC3)cc2)CC1. The van der Waals surface area contributed by atoms with Gasteiger partial charge >= 0.3 is 0 Å². The van der Waals surface area contributed by atoms with Crippen molar-refractivity contribution in [2.45, 2.75) is 45.6 Å². The first-order valence-corrected chi connectivity index (χ1v) is 8.29. The zero-order valence-corrected chi connectivity index (χ0v) is 13.1. The number of piperidine rings is 1. The maximum absolute atomic E-state index is 11.8. The summed E-state index contributed by atoms with van der Waals surface area (Å²) in [6.45, 7) is 6.73. The fraction of sp³-hybridized carbons (Fsp3) is 0.611. The molecule has 0 aromatic heterocycles. The van der Waals surface area contributed by atoms with Crippen LogP contribution in [0.5, 0.6) is 0 Å². The molecule has 1 saturated heterocycles. The molecular weight excluding hydrogens is 260 g/mol. The lowest BCUT2D eigenvalue weighted by molar-refractivity contribution is -0.122. The van der Waals surface area contributed by atoms with E-state index < -0.39 is 0 Å². The normalized spacial score (nSPS) is 21.1. The van der Waals surface area contributed by atoms with Gasteiger partial charge in [-0.1, -0.05) is 19.1 Å². The van der Waals surface area contributed by atoms with Crippen LogP contribution in [0.2, 0.25) is 0 Å². The summed E-state index contributed by atoms with van der Waals surface area (Å²) in [7, 11) is 0. The van der Waals surface area contributed by atoms with E-state index in [1.165, 1.54) is 24.1 Å². The minimum Gasteiger partial charge on any atom is -0.372 e. The molecule has 1 aliphatic heterocycles. The highest BCUT2D eigenvalue weighted by molar-refractivity contribution is 5.81. The fourth-order valence-electron chi connectivity index (χ4n) is 3.00. The monoisotopic (exact) mass is 286 g/mol. The van der Waals surface area contributed by atoms with Crippen molar-refractivity contribution in [1.29, 1.82) is 0 Å². The lowest BCUT2D eigenvalue weighted by atomic mass is 9.98. The molecule has 1 heterocycles. The molecule has 3 nitrogen and oxygen atoms in total. The molecule has 1 saturated carbocycles. The summed E-state index contributed by atoms with van der Waals surface area (Å²) < 4.78 is 0. The van der Waals surface area contributed by atoms with Gasteiger partial charge in [0.25, 0.3) is 0 Å². The first-order valence-electron chi connectivity index (χ1n) is 8.29. The number of nitrogens with one attached hydrogen (secondary N) is 1. The molecule has 0 bridgehead atoms. The molecule has 1 aromatic rings. The molecule has 0 spiro atoms. The molecule has 1 amide bonds. The third-order valence-corrected chi connectivity index (χ3v) is 4.85. The van der Waals surface area contributed by atoms with Gasteiger partial charge in [0, 0.05) is 24.7 Å². The number of anilines is 1. The van der Waals surface area contributed by atoms with Gasteiger partial charge in [-0.3, -0.25) is 4.79 Å². The maximum atomic E-state index is 11.8. The molecule has 114 valence electrons. The molecule has 0 radical (unpaired) electrons. The maximum Gasteiger partial charge on any atom is 0.223 e. The van der Waals surface area contributed by atoms with E-state index >= 15 is 0 Å². The van der Waals surface area contributed by atoms with Gasteiger partial charge in [0.15, 0.2) is 0 Å². The third-order valence-electron chi connectivity index (χ3n) is 4.85. The summed E-state index contributed by atoms with van der Waals surface area (Å²) in [5, 5.41) is 3.11. The third kappa shape index (κ3) is 3.58. The second-order valence-electron chi connectivity index (χ2n) is 6.77. The van der Waals surface area contributed by atoms with Crippen LogP contribution in [0.3, 0.4) is 0 Å². The number of carbonyl (C=O) groups is 1. The number of carbonyl (C=O) groups excluding carboxylic acids is 1. The lowest BCUT2D eigenvalue weighted by Crippen LogP contribution is -2.32. The molecule has 2 aliphatic rings. The molecule has 1 aromatic carbocycles. The van der Waals surface area contributed by atoms with Crippen LogP contribution in [0, 0.1) is 11.8 Å². The Morgan fingerprint density at radius 1 is 1.14 bits per heavy atom. The number of rotatable bonds is 4. The summed E-state index contributed by atoms with van der Waals surface area (Å²) in [6.07, 6.45) is 4.70. The Morgan fingerprint density at radius 2 is 1.76 bits per heavy atom. The Kier molecular flexibility index (Phi) is 4.18. The summed E-state index contributed by atoms with van der Waals surface area (Å²) in [5.74, 6) is 1.36.